The SMILES string of the molecule is COc1ccc2nc3cc(Cl)ccc3c(NCCCCCCCCCCNP(=O)(Oc3ccccc3)Oc3ccc([N+](=O)[O-])cc3)c2c1. The molecule has 4 aromatic carbocycles. The number of halogens is 1. The van der Waals surface area contributed by atoms with Crippen molar-refractivity contribution in [2.45, 2.75) is 51.4 Å². The topological polar surface area (TPSA) is 125 Å². The molecular weight excluding hydrogens is 651 g/mol. The van der Waals surface area contributed by atoms with Crippen LogP contribution in [0.3, 0.4) is 0 Å². The largest absolute Gasteiger partial charge is 0.512 e. The van der Waals surface area contributed by atoms with Crippen LogP contribution in [-0.4, -0.2) is 30.1 Å². The Morgan fingerprint density at radius 2 is 1.35 bits per heavy atom. The Balaban J connectivity index is 1.02. The molecule has 0 aliphatic rings. The Kier molecular flexibility index (Phi) is 12.5. The number of benzene rings is 4. The Morgan fingerprint density at radius 1 is 0.729 bits per heavy atom. The van der Waals surface area contributed by atoms with Gasteiger partial charge in [-0.25, -0.2) is 14.6 Å². The molecule has 10 nitrogen and oxygen atoms in total. The van der Waals surface area contributed by atoms with Crippen molar-refractivity contribution in [3.05, 3.63) is 106 Å². The van der Waals surface area contributed by atoms with E-state index in [0.717, 1.165) is 91.2 Å². The third-order valence-corrected chi connectivity index (χ3v) is 9.64. The zero-order valence-electron chi connectivity index (χ0n) is 26.9. The molecule has 2 N–H and O–H groups in total. The summed E-state index contributed by atoms with van der Waals surface area (Å²) >= 11 is 6.26. The van der Waals surface area contributed by atoms with E-state index in [4.69, 9.17) is 30.4 Å². The van der Waals surface area contributed by atoms with Crippen molar-refractivity contribution in [1.82, 2.24) is 10.1 Å². The second-order valence-electron chi connectivity index (χ2n) is 11.4. The summed E-state index contributed by atoms with van der Waals surface area (Å²) in [7, 11) is -2.11. The number of ether oxygens (including phenoxy) is 1. The van der Waals surface area contributed by atoms with Gasteiger partial charge < -0.3 is 19.1 Å². The fourth-order valence-corrected chi connectivity index (χ4v) is 6.99. The molecule has 0 aliphatic carbocycles. The van der Waals surface area contributed by atoms with Gasteiger partial charge in [-0.05, 0) is 73.5 Å². The van der Waals surface area contributed by atoms with Gasteiger partial charge in [-0.15, -0.1) is 0 Å². The summed E-state index contributed by atoms with van der Waals surface area (Å²) < 4.78 is 30.5. The van der Waals surface area contributed by atoms with Gasteiger partial charge in [0.15, 0.2) is 0 Å². The van der Waals surface area contributed by atoms with Crippen molar-refractivity contribution in [3.8, 4) is 17.2 Å². The third kappa shape index (κ3) is 9.83. The van der Waals surface area contributed by atoms with Crippen LogP contribution in [0.4, 0.5) is 11.4 Å². The number of nitro groups is 1. The number of para-hydroxylation sites is 1. The number of hydrogen-bond acceptors (Lipinski definition) is 8. The van der Waals surface area contributed by atoms with Gasteiger partial charge in [0.25, 0.3) is 5.69 Å². The Morgan fingerprint density at radius 3 is 2.02 bits per heavy atom. The summed E-state index contributed by atoms with van der Waals surface area (Å²) in [6.45, 7) is 1.30. The van der Waals surface area contributed by atoms with E-state index in [9.17, 15) is 14.7 Å². The second-order valence-corrected chi connectivity index (χ2v) is 13.6. The molecular formula is C36H40ClN4O6P. The summed E-state index contributed by atoms with van der Waals surface area (Å²) in [5.41, 5.74) is 2.73. The number of rotatable bonds is 19. The van der Waals surface area contributed by atoms with Crippen LogP contribution >= 0.6 is 19.3 Å². The lowest BCUT2D eigenvalue weighted by atomic mass is 10.1. The molecule has 1 unspecified atom stereocenters. The van der Waals surface area contributed by atoms with Gasteiger partial charge in [-0.3, -0.25) is 10.1 Å². The fraction of sp³-hybridized carbons (Fsp3) is 0.306. The lowest BCUT2D eigenvalue weighted by molar-refractivity contribution is -0.384. The molecule has 5 aromatic rings. The van der Waals surface area contributed by atoms with Gasteiger partial charge in [-0.2, -0.15) is 0 Å². The van der Waals surface area contributed by atoms with Crippen molar-refractivity contribution < 1.29 is 23.3 Å². The quantitative estimate of drug-likeness (QED) is 0.0286. The summed E-state index contributed by atoms with van der Waals surface area (Å²) in [5, 5.41) is 20.3. The monoisotopic (exact) mass is 690 g/mol. The van der Waals surface area contributed by atoms with E-state index >= 15 is 0 Å². The first-order chi connectivity index (χ1) is 23.3. The number of non-ortho nitro benzene ring substituents is 1. The van der Waals surface area contributed by atoms with Crippen molar-refractivity contribution in [1.29, 1.82) is 0 Å². The number of methoxy groups -OCH3 is 1. The average Bonchev–Trinajstić information content (AvgIpc) is 3.08. The summed E-state index contributed by atoms with van der Waals surface area (Å²) in [4.78, 5) is 15.3. The highest BCUT2D eigenvalue weighted by Crippen LogP contribution is 2.45. The van der Waals surface area contributed by atoms with Crippen LogP contribution < -0.4 is 24.2 Å². The molecule has 0 saturated heterocycles. The number of fused-ring (bicyclic) bond motifs is 2. The highest BCUT2D eigenvalue weighted by atomic mass is 35.5. The molecule has 5 rings (SSSR count). The normalized spacial score (nSPS) is 12.5. The second kappa shape index (κ2) is 17.2. The van der Waals surface area contributed by atoms with Crippen LogP contribution in [0.15, 0.2) is 91.0 Å². The number of nitrogens with one attached hydrogen (secondary N) is 2. The first-order valence-corrected chi connectivity index (χ1v) is 18.1. The number of hydrogen-bond donors (Lipinski definition) is 2. The van der Waals surface area contributed by atoms with Crippen LogP contribution in [0.2, 0.25) is 5.02 Å². The Hall–Kier alpha value is -4.37. The van der Waals surface area contributed by atoms with Gasteiger partial charge >= 0.3 is 7.75 Å². The minimum absolute atomic E-state index is 0.0781. The standard InChI is InChI=1S/C36H40ClN4O6P/c1-45-31-20-22-34-33(26-31)36(32-21-15-27(37)25-35(32)40-34)38-23-11-6-4-2-3-5-7-12-24-39-48(44,46-29-13-9-8-10-14-29)47-30-18-16-28(17-19-30)41(42)43/h8-10,13-22,25-26H,2-7,11-12,23-24H2,1H3,(H,38,40)(H,39,44). The first kappa shape index (κ1) is 35.0. The van der Waals surface area contributed by atoms with Crippen LogP contribution in [0, 0.1) is 10.1 Å². The highest BCUT2D eigenvalue weighted by molar-refractivity contribution is 7.52. The Labute approximate surface area is 285 Å². The number of pyridine rings is 1. The van der Waals surface area contributed by atoms with Gasteiger partial charge in [0.1, 0.15) is 17.2 Å². The third-order valence-electron chi connectivity index (χ3n) is 7.90. The van der Waals surface area contributed by atoms with Crippen LogP contribution in [0.5, 0.6) is 17.2 Å². The predicted octanol–water partition coefficient (Wildman–Crippen LogP) is 10.3. The molecule has 1 heterocycles. The first-order valence-electron chi connectivity index (χ1n) is 16.2. The molecule has 12 heteroatoms. The Bertz CT molecular complexity index is 1860. The molecule has 0 amide bonds. The van der Waals surface area contributed by atoms with Gasteiger partial charge in [0, 0.05) is 41.0 Å². The number of unbranched alkanes of at least 4 members (excludes halogenated alkanes) is 7. The molecule has 1 atom stereocenters. The number of nitro benzene ring substituents is 1. The lowest BCUT2D eigenvalue weighted by Crippen LogP contribution is -2.20. The van der Waals surface area contributed by atoms with Crippen molar-refractivity contribution in [3.63, 3.8) is 0 Å². The molecule has 0 bridgehead atoms. The van der Waals surface area contributed by atoms with E-state index < -0.39 is 12.7 Å². The van der Waals surface area contributed by atoms with Crippen molar-refractivity contribution in [2.75, 3.05) is 25.5 Å². The molecule has 0 fully saturated rings. The maximum atomic E-state index is 13.6. The minimum Gasteiger partial charge on any atom is -0.497 e. The lowest BCUT2D eigenvalue weighted by Gasteiger charge is -2.20. The number of nitrogens with zero attached hydrogens (tertiary/aromatic N) is 2. The number of aromatic nitrogens is 1. The predicted molar refractivity (Wildman–Crippen MR) is 193 cm³/mol. The minimum atomic E-state index is -3.78. The molecule has 0 saturated carbocycles. The summed E-state index contributed by atoms with van der Waals surface area (Å²) in [6, 6.07) is 25.9. The van der Waals surface area contributed by atoms with E-state index in [0.29, 0.717) is 17.3 Å². The maximum absolute atomic E-state index is 13.6. The molecule has 252 valence electrons. The number of anilines is 1. The van der Waals surface area contributed by atoms with E-state index in [1.807, 2.05) is 42.5 Å². The zero-order chi connectivity index (χ0) is 33.8. The average molecular weight is 691 g/mol. The van der Waals surface area contributed by atoms with Gasteiger partial charge in [-0.1, -0.05) is 68.3 Å². The zero-order valence-corrected chi connectivity index (χ0v) is 28.6. The van der Waals surface area contributed by atoms with Crippen molar-refractivity contribution >= 4 is 52.5 Å². The molecule has 48 heavy (non-hydrogen) atoms. The smallest absolute Gasteiger partial charge is 0.497 e. The molecule has 0 aliphatic heterocycles. The molecule has 0 radical (unpaired) electrons. The summed E-state index contributed by atoms with van der Waals surface area (Å²) in [6.07, 6.45) is 8.49. The molecule has 1 aromatic heterocycles. The van der Waals surface area contributed by atoms with E-state index in [2.05, 4.69) is 10.4 Å². The molecule has 0 spiro atoms. The van der Waals surface area contributed by atoms with Crippen LogP contribution in [-0.2, 0) is 4.57 Å². The van der Waals surface area contributed by atoms with E-state index in [1.165, 1.54) is 24.3 Å². The van der Waals surface area contributed by atoms with Crippen LogP contribution in [0.25, 0.3) is 21.8 Å². The van der Waals surface area contributed by atoms with Gasteiger partial charge in [0.05, 0.1) is 28.8 Å². The van der Waals surface area contributed by atoms with E-state index in [1.54, 1.807) is 31.4 Å². The fourth-order valence-electron chi connectivity index (χ4n) is 5.42. The van der Waals surface area contributed by atoms with E-state index in [-0.39, 0.29) is 11.4 Å². The van der Waals surface area contributed by atoms with Gasteiger partial charge in [0.2, 0.25) is 0 Å². The van der Waals surface area contributed by atoms with Crippen molar-refractivity contribution in [2.24, 2.45) is 0 Å². The van der Waals surface area contributed by atoms with Crippen LogP contribution in [0.1, 0.15) is 51.4 Å². The maximum Gasteiger partial charge on any atom is 0.512 e. The highest BCUT2D eigenvalue weighted by Gasteiger charge is 2.28. The summed E-state index contributed by atoms with van der Waals surface area (Å²) in [5.74, 6) is 1.41.